The maximum Gasteiger partial charge on any atom is 0.0787 e. The van der Waals surface area contributed by atoms with E-state index in [0.29, 0.717) is 11.1 Å². The quantitative estimate of drug-likeness (QED) is 0.510. The van der Waals surface area contributed by atoms with Crippen molar-refractivity contribution in [3.8, 4) is 0 Å². The molecule has 1 radical (unpaired) electrons. The molecule has 0 amide bonds. The lowest BCUT2D eigenvalue weighted by atomic mass is 10.1. The molecular weight excluding hydrogens is 328 g/mol. The molecule has 0 bridgehead atoms. The minimum atomic E-state index is -0.750. The Morgan fingerprint density at radius 1 is 0.577 bits per heavy atom. The third kappa shape index (κ3) is 2.69. The molecule has 2 aliphatic carbocycles. The Bertz CT molecular complexity index is 922. The van der Waals surface area contributed by atoms with E-state index in [2.05, 4.69) is 103 Å². The predicted octanol–water partition coefficient (Wildman–Crippen LogP) is 5.96. The molecule has 0 aromatic heterocycles. The second kappa shape index (κ2) is 6.58. The van der Waals surface area contributed by atoms with Crippen LogP contribution in [-0.4, -0.2) is 8.80 Å². The molecule has 1 heteroatoms. The number of fused-ring (bicyclic) bond motifs is 2. The third-order valence-electron chi connectivity index (χ3n) is 5.65. The van der Waals surface area contributed by atoms with Gasteiger partial charge in [-0.3, -0.25) is 0 Å². The molecule has 5 rings (SSSR count). The summed E-state index contributed by atoms with van der Waals surface area (Å²) in [5, 5.41) is 0. The van der Waals surface area contributed by atoms with Gasteiger partial charge in [0.1, 0.15) is 0 Å². The van der Waals surface area contributed by atoms with Crippen molar-refractivity contribution in [2.75, 3.05) is 0 Å². The van der Waals surface area contributed by atoms with E-state index in [9.17, 15) is 0 Å². The highest BCUT2D eigenvalue weighted by atomic mass is 28.3. The van der Waals surface area contributed by atoms with Crippen molar-refractivity contribution >= 4 is 20.9 Å². The first kappa shape index (κ1) is 15.6. The highest BCUT2D eigenvalue weighted by Gasteiger charge is 2.35. The van der Waals surface area contributed by atoms with Crippen molar-refractivity contribution < 1.29 is 0 Å². The topological polar surface area (TPSA) is 0 Å². The van der Waals surface area contributed by atoms with Gasteiger partial charge >= 0.3 is 0 Å². The summed E-state index contributed by atoms with van der Waals surface area (Å²) in [6.07, 6.45) is 9.60. The van der Waals surface area contributed by atoms with E-state index in [1.165, 1.54) is 33.9 Å². The average molecular weight is 350 g/mol. The molecule has 0 heterocycles. The first-order chi connectivity index (χ1) is 12.9. The van der Waals surface area contributed by atoms with Crippen LogP contribution in [0.2, 0.25) is 0 Å². The third-order valence-corrected chi connectivity index (χ3v) is 9.07. The Morgan fingerprint density at radius 3 is 1.65 bits per heavy atom. The van der Waals surface area contributed by atoms with Crippen molar-refractivity contribution in [2.24, 2.45) is 0 Å². The molecule has 0 N–H and O–H groups in total. The van der Waals surface area contributed by atoms with Crippen LogP contribution in [0.5, 0.6) is 0 Å². The number of benzene rings is 3. The van der Waals surface area contributed by atoms with Crippen LogP contribution in [0.3, 0.4) is 0 Å². The zero-order valence-electron chi connectivity index (χ0n) is 14.7. The van der Waals surface area contributed by atoms with E-state index in [1.807, 2.05) is 0 Å². The van der Waals surface area contributed by atoms with Gasteiger partial charge in [-0.2, -0.15) is 0 Å². The Labute approximate surface area is 157 Å². The SMILES string of the molecule is C1=CC([Si](Cc2ccccc2)C2C=Cc3ccccc32)c2ccccc21. The van der Waals surface area contributed by atoms with Gasteiger partial charge in [-0.25, -0.2) is 0 Å². The highest BCUT2D eigenvalue weighted by molar-refractivity contribution is 6.63. The van der Waals surface area contributed by atoms with Gasteiger partial charge in [0.25, 0.3) is 0 Å². The fourth-order valence-electron chi connectivity index (χ4n) is 4.39. The minimum absolute atomic E-state index is 0.567. The normalized spacial score (nSPS) is 19.7. The number of allylic oxidation sites excluding steroid dienone is 2. The van der Waals surface area contributed by atoms with Crippen LogP contribution in [0.4, 0.5) is 0 Å². The van der Waals surface area contributed by atoms with E-state index in [-0.39, 0.29) is 0 Å². The van der Waals surface area contributed by atoms with Crippen LogP contribution in [0.15, 0.2) is 91.0 Å². The first-order valence-electron chi connectivity index (χ1n) is 9.34. The van der Waals surface area contributed by atoms with Crippen LogP contribution in [0, 0.1) is 0 Å². The molecular formula is C25H21Si. The van der Waals surface area contributed by atoms with Gasteiger partial charge in [0.15, 0.2) is 0 Å². The molecule has 0 saturated heterocycles. The summed E-state index contributed by atoms with van der Waals surface area (Å²) in [5.41, 5.74) is 8.46. The molecule has 2 aliphatic rings. The minimum Gasteiger partial charge on any atom is -0.0793 e. The lowest BCUT2D eigenvalue weighted by molar-refractivity contribution is 1.05. The Kier molecular flexibility index (Phi) is 3.95. The number of rotatable bonds is 4. The zero-order chi connectivity index (χ0) is 17.3. The van der Waals surface area contributed by atoms with Crippen LogP contribution in [-0.2, 0) is 6.04 Å². The molecule has 2 unspecified atom stereocenters. The molecule has 2 atom stereocenters. The molecule has 0 spiro atoms. The van der Waals surface area contributed by atoms with Gasteiger partial charge in [-0.1, -0.05) is 109 Å². The van der Waals surface area contributed by atoms with Gasteiger partial charge in [0.2, 0.25) is 0 Å². The van der Waals surface area contributed by atoms with Crippen LogP contribution in [0.25, 0.3) is 12.2 Å². The van der Waals surface area contributed by atoms with Gasteiger partial charge in [-0.05, 0) is 39.4 Å². The molecule has 0 fully saturated rings. The predicted molar refractivity (Wildman–Crippen MR) is 112 cm³/mol. The van der Waals surface area contributed by atoms with E-state index in [4.69, 9.17) is 0 Å². The fraction of sp³-hybridized carbons (Fsp3) is 0.120. The standard InChI is InChI=1S/C25H21Si/c1-2-8-19(9-3-1)18-26(24-16-14-20-10-4-6-12-22(20)24)25-17-15-21-11-5-7-13-23(21)25/h1-17,24-25H,18H2. The smallest absolute Gasteiger partial charge is 0.0787 e. The van der Waals surface area contributed by atoms with Gasteiger partial charge in [0.05, 0.1) is 8.80 Å². The number of hydrogen-bond acceptors (Lipinski definition) is 0. The van der Waals surface area contributed by atoms with Gasteiger partial charge in [0, 0.05) is 0 Å². The molecule has 125 valence electrons. The molecule has 26 heavy (non-hydrogen) atoms. The maximum absolute atomic E-state index is 2.47. The van der Waals surface area contributed by atoms with Crippen molar-refractivity contribution in [2.45, 2.75) is 17.1 Å². The van der Waals surface area contributed by atoms with Crippen molar-refractivity contribution in [1.82, 2.24) is 0 Å². The summed E-state index contributed by atoms with van der Waals surface area (Å²) in [6.45, 7) is 0. The van der Waals surface area contributed by atoms with E-state index in [1.54, 1.807) is 0 Å². The second-order valence-corrected chi connectivity index (χ2v) is 9.92. The van der Waals surface area contributed by atoms with Crippen molar-refractivity contribution in [3.05, 3.63) is 119 Å². The van der Waals surface area contributed by atoms with E-state index in [0.717, 1.165) is 0 Å². The largest absolute Gasteiger partial charge is 0.0793 e. The molecule has 0 saturated carbocycles. The summed E-state index contributed by atoms with van der Waals surface area (Å²) >= 11 is 0. The molecule has 3 aromatic carbocycles. The number of hydrogen-bond donors (Lipinski definition) is 0. The first-order valence-corrected chi connectivity index (χ1v) is 11.2. The monoisotopic (exact) mass is 349 g/mol. The molecule has 0 aliphatic heterocycles. The van der Waals surface area contributed by atoms with Crippen LogP contribution >= 0.6 is 0 Å². The lowest BCUT2D eigenvalue weighted by Crippen LogP contribution is -2.31. The second-order valence-electron chi connectivity index (χ2n) is 7.17. The summed E-state index contributed by atoms with van der Waals surface area (Å²) in [5.74, 6) is 0. The summed E-state index contributed by atoms with van der Waals surface area (Å²) in [4.78, 5) is 0. The van der Waals surface area contributed by atoms with Crippen molar-refractivity contribution in [1.29, 1.82) is 0 Å². The summed E-state index contributed by atoms with van der Waals surface area (Å²) < 4.78 is 0. The summed E-state index contributed by atoms with van der Waals surface area (Å²) in [7, 11) is -0.750. The van der Waals surface area contributed by atoms with E-state index >= 15 is 0 Å². The fourth-order valence-corrected chi connectivity index (χ4v) is 7.94. The van der Waals surface area contributed by atoms with Crippen LogP contribution < -0.4 is 0 Å². The Morgan fingerprint density at radius 2 is 1.08 bits per heavy atom. The van der Waals surface area contributed by atoms with Crippen LogP contribution in [0.1, 0.15) is 38.9 Å². The Balaban J connectivity index is 1.57. The molecule has 3 aromatic rings. The zero-order valence-corrected chi connectivity index (χ0v) is 15.7. The summed E-state index contributed by atoms with van der Waals surface area (Å²) in [6, 6.07) is 30.1. The average Bonchev–Trinajstić information content (AvgIpc) is 3.32. The van der Waals surface area contributed by atoms with Gasteiger partial charge < -0.3 is 0 Å². The molecule has 0 nitrogen and oxygen atoms in total. The van der Waals surface area contributed by atoms with Crippen molar-refractivity contribution in [3.63, 3.8) is 0 Å². The highest BCUT2D eigenvalue weighted by Crippen LogP contribution is 2.41. The maximum atomic E-state index is 2.47. The Hall–Kier alpha value is -2.64. The lowest BCUT2D eigenvalue weighted by Gasteiger charge is -2.28. The van der Waals surface area contributed by atoms with Gasteiger partial charge in [-0.15, -0.1) is 0 Å². The van der Waals surface area contributed by atoms with E-state index < -0.39 is 8.80 Å².